The summed E-state index contributed by atoms with van der Waals surface area (Å²) in [5.74, 6) is 0. The summed E-state index contributed by atoms with van der Waals surface area (Å²) in [7, 11) is -3.81. The highest BCUT2D eigenvalue weighted by Crippen LogP contribution is 2.51. The number of hydrogen-bond donors (Lipinski definition) is 0. The van der Waals surface area contributed by atoms with Gasteiger partial charge in [0.1, 0.15) is 0 Å². The van der Waals surface area contributed by atoms with Crippen LogP contribution in [0.1, 0.15) is 49.9 Å². The largest absolute Gasteiger partial charge is 0.401 e. The maximum absolute atomic E-state index is 13.0. The van der Waals surface area contributed by atoms with Crippen molar-refractivity contribution in [3.63, 3.8) is 0 Å². The molecule has 2 aromatic rings. The van der Waals surface area contributed by atoms with Crippen molar-refractivity contribution in [2.45, 2.75) is 39.5 Å². The summed E-state index contributed by atoms with van der Waals surface area (Å²) in [5.41, 5.74) is -0.189. The minimum absolute atomic E-state index is 0.263. The molecule has 0 saturated heterocycles. The van der Waals surface area contributed by atoms with Crippen LogP contribution < -0.4 is 0 Å². The molecule has 5 heteroatoms. The molecule has 0 bridgehead atoms. The lowest BCUT2D eigenvalue weighted by Crippen LogP contribution is -2.09. The second kappa shape index (κ2) is 9.12. The van der Waals surface area contributed by atoms with Gasteiger partial charge >= 0.3 is 7.60 Å². The second-order valence-corrected chi connectivity index (χ2v) is 7.66. The van der Waals surface area contributed by atoms with E-state index >= 15 is 0 Å². The fourth-order valence-corrected chi connectivity index (χ4v) is 3.80. The molecule has 0 saturated carbocycles. The summed E-state index contributed by atoms with van der Waals surface area (Å²) in [6, 6.07) is 13.0. The Hall–Kier alpha value is -1.48. The van der Waals surface area contributed by atoms with Crippen LogP contribution in [0.15, 0.2) is 42.5 Å². The molecule has 0 aliphatic rings. The highest BCUT2D eigenvalue weighted by Gasteiger charge is 2.35. The first kappa shape index (κ1) is 18.9. The number of benzene rings is 2. The van der Waals surface area contributed by atoms with Crippen LogP contribution in [-0.2, 0) is 13.6 Å². The molecule has 0 aliphatic heterocycles. The van der Waals surface area contributed by atoms with E-state index in [1.165, 1.54) is 0 Å². The molecule has 0 radical (unpaired) electrons. The summed E-state index contributed by atoms with van der Waals surface area (Å²) < 4.78 is 23.9. The number of carbonyl (C=O) groups is 1. The molecule has 0 aromatic heterocycles. The number of fused-ring (bicyclic) bond motifs is 1. The maximum atomic E-state index is 13.0. The Labute approximate surface area is 143 Å². The van der Waals surface area contributed by atoms with Gasteiger partial charge < -0.3 is 9.05 Å². The van der Waals surface area contributed by atoms with E-state index in [4.69, 9.17) is 9.05 Å². The van der Waals surface area contributed by atoms with Crippen molar-refractivity contribution in [1.82, 2.24) is 0 Å². The third-order valence-electron chi connectivity index (χ3n) is 3.76. The van der Waals surface area contributed by atoms with Gasteiger partial charge in [0, 0.05) is 5.56 Å². The first-order chi connectivity index (χ1) is 11.6. The van der Waals surface area contributed by atoms with Gasteiger partial charge in [-0.15, -0.1) is 0 Å². The third kappa shape index (κ3) is 4.76. The van der Waals surface area contributed by atoms with Crippen LogP contribution in [0, 0.1) is 0 Å². The first-order valence-corrected chi connectivity index (χ1v) is 10.1. The summed E-state index contributed by atoms with van der Waals surface area (Å²) in [5, 5.41) is 1.96. The number of carbonyl (C=O) groups excluding carboxylic acids is 1. The molecule has 4 nitrogen and oxygen atoms in total. The molecule has 0 fully saturated rings. The van der Waals surface area contributed by atoms with Crippen LogP contribution in [0.2, 0.25) is 0 Å². The van der Waals surface area contributed by atoms with Crippen molar-refractivity contribution in [1.29, 1.82) is 0 Å². The SMILES string of the molecule is CCCCOP(=O)(OCCCC)C(=O)c1ccc2ccccc2c1. The molecule has 2 rings (SSSR count). The standard InChI is InChI=1S/C19H25O4P/c1-3-5-13-22-24(21,23-14-6-4-2)19(20)18-12-11-16-9-7-8-10-17(16)15-18/h7-12,15H,3-6,13-14H2,1-2H3. The Morgan fingerprint density at radius 2 is 1.50 bits per heavy atom. The Morgan fingerprint density at radius 3 is 2.08 bits per heavy atom. The molecule has 130 valence electrons. The summed E-state index contributed by atoms with van der Waals surface area (Å²) in [4.78, 5) is 12.8. The zero-order chi connectivity index (χ0) is 17.4. The molecule has 24 heavy (non-hydrogen) atoms. The third-order valence-corrected chi connectivity index (χ3v) is 5.56. The highest BCUT2D eigenvalue weighted by molar-refractivity contribution is 7.72. The zero-order valence-electron chi connectivity index (χ0n) is 14.4. The van der Waals surface area contributed by atoms with E-state index in [9.17, 15) is 9.36 Å². The van der Waals surface area contributed by atoms with Crippen LogP contribution in [-0.4, -0.2) is 18.7 Å². The van der Waals surface area contributed by atoms with E-state index in [1.807, 2.05) is 44.2 Å². The molecular formula is C19H25O4P. The molecule has 0 unspecified atom stereocenters. The predicted molar refractivity (Wildman–Crippen MR) is 97.6 cm³/mol. The van der Waals surface area contributed by atoms with E-state index in [-0.39, 0.29) is 13.2 Å². The van der Waals surface area contributed by atoms with Gasteiger partial charge in [0.15, 0.2) is 0 Å². The van der Waals surface area contributed by atoms with Crippen molar-refractivity contribution in [3.8, 4) is 0 Å². The Balaban J connectivity index is 2.24. The summed E-state index contributed by atoms with van der Waals surface area (Å²) >= 11 is 0. The first-order valence-electron chi connectivity index (χ1n) is 8.53. The van der Waals surface area contributed by atoms with Crippen molar-refractivity contribution < 1.29 is 18.4 Å². The van der Waals surface area contributed by atoms with Crippen molar-refractivity contribution >= 4 is 23.9 Å². The lowest BCUT2D eigenvalue weighted by Gasteiger charge is -2.17. The molecule has 0 atom stereocenters. The second-order valence-electron chi connectivity index (χ2n) is 5.74. The summed E-state index contributed by atoms with van der Waals surface area (Å²) in [6.45, 7) is 4.55. The zero-order valence-corrected chi connectivity index (χ0v) is 15.3. The minimum Gasteiger partial charge on any atom is -0.303 e. The molecule has 0 amide bonds. The van der Waals surface area contributed by atoms with Crippen LogP contribution >= 0.6 is 7.60 Å². The highest BCUT2D eigenvalue weighted by atomic mass is 31.2. The van der Waals surface area contributed by atoms with Gasteiger partial charge in [0.25, 0.3) is 5.52 Å². The molecule has 0 spiro atoms. The normalized spacial score (nSPS) is 11.8. The van der Waals surface area contributed by atoms with E-state index in [0.29, 0.717) is 5.56 Å². The van der Waals surface area contributed by atoms with Gasteiger partial charge in [0.2, 0.25) is 0 Å². The van der Waals surface area contributed by atoms with Gasteiger partial charge in [-0.3, -0.25) is 9.36 Å². The molecule has 0 N–H and O–H groups in total. The lowest BCUT2D eigenvalue weighted by atomic mass is 10.1. The van der Waals surface area contributed by atoms with E-state index < -0.39 is 13.1 Å². The maximum Gasteiger partial charge on any atom is 0.401 e. The fourth-order valence-electron chi connectivity index (χ4n) is 2.29. The summed E-state index contributed by atoms with van der Waals surface area (Å²) in [6.07, 6.45) is 3.29. The minimum atomic E-state index is -3.81. The quantitative estimate of drug-likeness (QED) is 0.402. The van der Waals surface area contributed by atoms with Gasteiger partial charge in [-0.25, -0.2) is 0 Å². The van der Waals surface area contributed by atoms with Crippen LogP contribution in [0.5, 0.6) is 0 Å². The smallest absolute Gasteiger partial charge is 0.303 e. The number of hydrogen-bond acceptors (Lipinski definition) is 4. The van der Waals surface area contributed by atoms with E-state index in [0.717, 1.165) is 36.5 Å². The number of unbranched alkanes of at least 4 members (excludes halogenated alkanes) is 2. The molecular weight excluding hydrogens is 323 g/mol. The Morgan fingerprint density at radius 1 is 0.917 bits per heavy atom. The molecule has 0 aliphatic carbocycles. The Bertz CT molecular complexity index is 712. The average Bonchev–Trinajstić information content (AvgIpc) is 2.61. The van der Waals surface area contributed by atoms with Crippen molar-refractivity contribution in [3.05, 3.63) is 48.0 Å². The van der Waals surface area contributed by atoms with E-state index in [2.05, 4.69) is 0 Å². The van der Waals surface area contributed by atoms with Crippen LogP contribution in [0.25, 0.3) is 10.8 Å². The monoisotopic (exact) mass is 348 g/mol. The van der Waals surface area contributed by atoms with Crippen molar-refractivity contribution in [2.24, 2.45) is 0 Å². The Kier molecular flexibility index (Phi) is 7.16. The van der Waals surface area contributed by atoms with Crippen LogP contribution in [0.3, 0.4) is 0 Å². The van der Waals surface area contributed by atoms with Gasteiger partial charge in [-0.05, 0) is 29.7 Å². The fraction of sp³-hybridized carbons (Fsp3) is 0.421. The van der Waals surface area contributed by atoms with Gasteiger partial charge in [-0.2, -0.15) is 0 Å². The van der Waals surface area contributed by atoms with E-state index in [1.54, 1.807) is 12.1 Å². The van der Waals surface area contributed by atoms with Gasteiger partial charge in [0.05, 0.1) is 13.2 Å². The van der Waals surface area contributed by atoms with Gasteiger partial charge in [-0.1, -0.05) is 63.1 Å². The molecule has 0 heterocycles. The molecule has 2 aromatic carbocycles. The lowest BCUT2D eigenvalue weighted by molar-refractivity contribution is 0.0991. The van der Waals surface area contributed by atoms with Crippen molar-refractivity contribution in [2.75, 3.05) is 13.2 Å². The average molecular weight is 348 g/mol. The predicted octanol–water partition coefficient (Wildman–Crippen LogP) is 5.81. The number of rotatable bonds is 10. The topological polar surface area (TPSA) is 52.6 Å². The van der Waals surface area contributed by atoms with Crippen LogP contribution in [0.4, 0.5) is 0 Å².